The number of rotatable bonds is 5. The van der Waals surface area contributed by atoms with Crippen molar-refractivity contribution in [2.45, 2.75) is 19.4 Å². The maximum atomic E-state index is 9.90. The number of nitrogens with zero attached hydrogens (tertiary/aromatic N) is 3. The topological polar surface area (TPSA) is 71.0 Å². The Morgan fingerprint density at radius 2 is 1.82 bits per heavy atom. The van der Waals surface area contributed by atoms with Crippen LogP contribution in [0.1, 0.15) is 25.0 Å². The monoisotopic (exact) mass is 229 g/mol. The molecule has 0 bridgehead atoms. The molecule has 0 aliphatic rings. The van der Waals surface area contributed by atoms with E-state index in [9.17, 15) is 5.11 Å². The lowest BCUT2D eigenvalue weighted by molar-refractivity contribution is 0.174. The van der Waals surface area contributed by atoms with Crippen molar-refractivity contribution in [2.75, 3.05) is 18.0 Å². The smallest absolute Gasteiger partial charge is 0.106 e. The highest BCUT2D eigenvalue weighted by Gasteiger charge is 2.14. The lowest BCUT2D eigenvalue weighted by Gasteiger charge is -2.23. The summed E-state index contributed by atoms with van der Waals surface area (Å²) in [4.78, 5) is 1.66. The van der Waals surface area contributed by atoms with Gasteiger partial charge >= 0.3 is 0 Å². The summed E-state index contributed by atoms with van der Waals surface area (Å²) < 4.78 is 0. The molecule has 0 aliphatic carbocycles. The van der Waals surface area contributed by atoms with Crippen LogP contribution >= 0.6 is 0 Å². The molecular weight excluding hydrogens is 214 g/mol. The molecule has 0 spiro atoms. The van der Waals surface area contributed by atoms with E-state index in [2.05, 4.69) is 0 Å². The van der Waals surface area contributed by atoms with Crippen LogP contribution in [0.3, 0.4) is 0 Å². The number of para-hydroxylation sites is 1. The number of aliphatic hydroxyl groups is 1. The van der Waals surface area contributed by atoms with E-state index in [4.69, 9.17) is 10.5 Å². The highest BCUT2D eigenvalue weighted by molar-refractivity contribution is 5.55. The average molecular weight is 229 g/mol. The van der Waals surface area contributed by atoms with Gasteiger partial charge in [-0.1, -0.05) is 25.1 Å². The van der Waals surface area contributed by atoms with E-state index in [1.807, 2.05) is 43.3 Å². The minimum atomic E-state index is -0.564. The quantitative estimate of drug-likeness (QED) is 0.784. The Morgan fingerprint density at radius 1 is 1.24 bits per heavy atom. The molecule has 0 aromatic heterocycles. The van der Waals surface area contributed by atoms with Gasteiger partial charge in [0.1, 0.15) is 13.1 Å². The van der Waals surface area contributed by atoms with Crippen LogP contribution in [-0.2, 0) is 0 Å². The summed E-state index contributed by atoms with van der Waals surface area (Å²) in [5.74, 6) is 0. The molecule has 17 heavy (non-hydrogen) atoms. The van der Waals surface area contributed by atoms with Crippen molar-refractivity contribution in [2.24, 2.45) is 0 Å². The summed E-state index contributed by atoms with van der Waals surface area (Å²) in [6.45, 7) is 2.17. The Morgan fingerprint density at radius 3 is 2.35 bits per heavy atom. The Balaban J connectivity index is 3.10. The van der Waals surface area contributed by atoms with Gasteiger partial charge in [0.05, 0.1) is 18.2 Å². The molecule has 1 rings (SSSR count). The fourth-order valence-corrected chi connectivity index (χ4v) is 1.67. The molecule has 0 saturated heterocycles. The van der Waals surface area contributed by atoms with Crippen molar-refractivity contribution in [1.29, 1.82) is 10.5 Å². The maximum Gasteiger partial charge on any atom is 0.106 e. The van der Waals surface area contributed by atoms with Gasteiger partial charge in [-0.3, -0.25) is 0 Å². The van der Waals surface area contributed by atoms with Gasteiger partial charge < -0.3 is 10.0 Å². The van der Waals surface area contributed by atoms with Gasteiger partial charge in [0.2, 0.25) is 0 Å². The lowest BCUT2D eigenvalue weighted by Crippen LogP contribution is -2.25. The molecule has 0 fully saturated rings. The fourth-order valence-electron chi connectivity index (χ4n) is 1.67. The van der Waals surface area contributed by atoms with Crippen molar-refractivity contribution in [3.63, 3.8) is 0 Å². The standard InChI is InChI=1S/C13H15N3O/c1-2-13(17)11-5-3-4-6-12(11)16(9-7-14)10-8-15/h3-6,13,17H,2,9-10H2,1H3/t13-/m0/s1. The van der Waals surface area contributed by atoms with E-state index in [1.165, 1.54) is 0 Å². The van der Waals surface area contributed by atoms with Gasteiger partial charge in [-0.2, -0.15) is 10.5 Å². The van der Waals surface area contributed by atoms with E-state index < -0.39 is 6.10 Å². The molecule has 0 unspecified atom stereocenters. The molecule has 4 nitrogen and oxygen atoms in total. The first kappa shape index (κ1) is 13.0. The fraction of sp³-hybridized carbons (Fsp3) is 0.385. The molecule has 88 valence electrons. The van der Waals surface area contributed by atoms with Gasteiger partial charge in [0.25, 0.3) is 0 Å². The van der Waals surface area contributed by atoms with Crippen LogP contribution in [0.5, 0.6) is 0 Å². The van der Waals surface area contributed by atoms with Crippen LogP contribution in [0.15, 0.2) is 24.3 Å². The first-order valence-electron chi connectivity index (χ1n) is 5.50. The van der Waals surface area contributed by atoms with E-state index in [0.717, 1.165) is 11.3 Å². The van der Waals surface area contributed by atoms with Crippen LogP contribution in [0.25, 0.3) is 0 Å². The zero-order valence-corrected chi connectivity index (χ0v) is 9.80. The molecule has 1 aromatic carbocycles. The molecule has 1 N–H and O–H groups in total. The summed E-state index contributed by atoms with van der Waals surface area (Å²) >= 11 is 0. The average Bonchev–Trinajstić information content (AvgIpc) is 2.37. The molecular formula is C13H15N3O. The third-order valence-corrected chi connectivity index (χ3v) is 2.55. The Hall–Kier alpha value is -2.04. The number of hydrogen-bond acceptors (Lipinski definition) is 4. The minimum Gasteiger partial charge on any atom is -0.388 e. The Labute approximate surface area is 101 Å². The number of nitriles is 2. The highest BCUT2D eigenvalue weighted by atomic mass is 16.3. The molecule has 4 heteroatoms. The minimum absolute atomic E-state index is 0.140. The zero-order valence-electron chi connectivity index (χ0n) is 9.80. The third-order valence-electron chi connectivity index (χ3n) is 2.55. The van der Waals surface area contributed by atoms with Gasteiger partial charge in [-0.05, 0) is 12.5 Å². The Kier molecular flexibility index (Phi) is 5.00. The molecule has 0 saturated carbocycles. The third kappa shape index (κ3) is 3.21. The molecule has 1 atom stereocenters. The summed E-state index contributed by atoms with van der Waals surface area (Å²) in [5, 5.41) is 27.4. The zero-order chi connectivity index (χ0) is 12.7. The lowest BCUT2D eigenvalue weighted by atomic mass is 10.0. The molecule has 0 radical (unpaired) electrons. The van der Waals surface area contributed by atoms with Gasteiger partial charge in [0, 0.05) is 11.3 Å². The summed E-state index contributed by atoms with van der Waals surface area (Å²) in [6, 6.07) is 11.4. The first-order chi connectivity index (χ1) is 8.24. The van der Waals surface area contributed by atoms with Gasteiger partial charge in [-0.15, -0.1) is 0 Å². The van der Waals surface area contributed by atoms with Crippen molar-refractivity contribution in [3.05, 3.63) is 29.8 Å². The first-order valence-corrected chi connectivity index (χ1v) is 5.50. The van der Waals surface area contributed by atoms with E-state index in [1.54, 1.807) is 4.90 Å². The summed E-state index contributed by atoms with van der Waals surface area (Å²) in [7, 11) is 0. The molecule has 0 aliphatic heterocycles. The number of hydrogen-bond donors (Lipinski definition) is 1. The van der Waals surface area contributed by atoms with Crippen molar-refractivity contribution in [1.82, 2.24) is 0 Å². The van der Waals surface area contributed by atoms with Crippen molar-refractivity contribution >= 4 is 5.69 Å². The molecule has 1 aromatic rings. The second-order valence-corrected chi connectivity index (χ2v) is 3.66. The van der Waals surface area contributed by atoms with Crippen molar-refractivity contribution < 1.29 is 5.11 Å². The normalized spacial score (nSPS) is 11.3. The molecule has 0 amide bonds. The van der Waals surface area contributed by atoms with Gasteiger partial charge in [-0.25, -0.2) is 0 Å². The van der Waals surface area contributed by atoms with Crippen LogP contribution in [0.4, 0.5) is 5.69 Å². The SMILES string of the molecule is CC[C@H](O)c1ccccc1N(CC#N)CC#N. The number of aliphatic hydroxyl groups excluding tert-OH is 1. The van der Waals surface area contributed by atoms with Gasteiger partial charge in [0.15, 0.2) is 0 Å². The van der Waals surface area contributed by atoms with E-state index in [0.29, 0.717) is 6.42 Å². The maximum absolute atomic E-state index is 9.90. The second kappa shape index (κ2) is 6.52. The van der Waals surface area contributed by atoms with Crippen LogP contribution in [0, 0.1) is 22.7 Å². The van der Waals surface area contributed by atoms with Crippen molar-refractivity contribution in [3.8, 4) is 12.1 Å². The highest BCUT2D eigenvalue weighted by Crippen LogP contribution is 2.27. The molecule has 0 heterocycles. The van der Waals surface area contributed by atoms with Crippen LogP contribution < -0.4 is 4.90 Å². The Bertz CT molecular complexity index is 429. The largest absolute Gasteiger partial charge is 0.388 e. The summed E-state index contributed by atoms with van der Waals surface area (Å²) in [5.41, 5.74) is 1.52. The van der Waals surface area contributed by atoms with Crippen LogP contribution in [0.2, 0.25) is 0 Å². The van der Waals surface area contributed by atoms with Crippen LogP contribution in [-0.4, -0.2) is 18.2 Å². The second-order valence-electron chi connectivity index (χ2n) is 3.66. The van der Waals surface area contributed by atoms with E-state index in [-0.39, 0.29) is 13.1 Å². The predicted octanol–water partition coefficient (Wildman–Crippen LogP) is 1.98. The predicted molar refractivity (Wildman–Crippen MR) is 65.1 cm³/mol. The number of anilines is 1. The van der Waals surface area contributed by atoms with E-state index >= 15 is 0 Å². The summed E-state index contributed by atoms with van der Waals surface area (Å²) in [6.07, 6.45) is 0.0373. The number of benzene rings is 1.